The van der Waals surface area contributed by atoms with E-state index >= 15 is 0 Å². The highest BCUT2D eigenvalue weighted by atomic mass is 16.2. The summed E-state index contributed by atoms with van der Waals surface area (Å²) in [6.45, 7) is 1.63. The van der Waals surface area contributed by atoms with Gasteiger partial charge in [-0.15, -0.1) is 0 Å². The number of benzene rings is 1. The molecule has 5 heteroatoms. The summed E-state index contributed by atoms with van der Waals surface area (Å²) in [7, 11) is 0. The van der Waals surface area contributed by atoms with E-state index in [0.717, 1.165) is 25.1 Å². The fraction of sp³-hybridized carbons (Fsp3) is 0.579. The van der Waals surface area contributed by atoms with Crippen LogP contribution < -0.4 is 11.1 Å². The molecule has 1 heterocycles. The molecule has 1 saturated carbocycles. The van der Waals surface area contributed by atoms with Gasteiger partial charge in [0.1, 0.15) is 6.04 Å². The van der Waals surface area contributed by atoms with E-state index in [-0.39, 0.29) is 5.91 Å². The third kappa shape index (κ3) is 3.89. The summed E-state index contributed by atoms with van der Waals surface area (Å²) in [4.78, 5) is 26.3. The van der Waals surface area contributed by atoms with Gasteiger partial charge in [-0.3, -0.25) is 4.79 Å². The van der Waals surface area contributed by atoms with Crippen LogP contribution in [0.25, 0.3) is 0 Å². The molecule has 2 aliphatic rings. The van der Waals surface area contributed by atoms with E-state index in [1.54, 1.807) is 0 Å². The van der Waals surface area contributed by atoms with Crippen molar-refractivity contribution in [3.05, 3.63) is 35.9 Å². The maximum absolute atomic E-state index is 13.0. The van der Waals surface area contributed by atoms with Gasteiger partial charge >= 0.3 is 6.03 Å². The zero-order valence-electron chi connectivity index (χ0n) is 14.2. The second kappa shape index (κ2) is 7.24. The van der Waals surface area contributed by atoms with Gasteiger partial charge in [0.15, 0.2) is 0 Å². The maximum atomic E-state index is 13.0. The molecule has 3 rings (SSSR count). The molecule has 0 bridgehead atoms. The summed E-state index contributed by atoms with van der Waals surface area (Å²) in [5.74, 6) is 0.0000940. The van der Waals surface area contributed by atoms with E-state index < -0.39 is 12.1 Å². The number of primary amides is 1. The van der Waals surface area contributed by atoms with Crippen molar-refractivity contribution >= 4 is 11.9 Å². The smallest absolute Gasteiger partial charge is 0.312 e. The number of carbonyl (C=O) groups excluding carboxylic acids is 2. The molecule has 24 heavy (non-hydrogen) atoms. The summed E-state index contributed by atoms with van der Waals surface area (Å²) in [6, 6.07) is 8.53. The average Bonchev–Trinajstić information content (AvgIpc) is 2.98. The number of amides is 3. The lowest BCUT2D eigenvalue weighted by atomic mass is 9.73. The van der Waals surface area contributed by atoms with Crippen LogP contribution in [-0.2, 0) is 11.2 Å². The quantitative estimate of drug-likeness (QED) is 0.890. The second-order valence-electron chi connectivity index (χ2n) is 7.32. The number of likely N-dealkylation sites (tertiary alicyclic amines) is 1. The summed E-state index contributed by atoms with van der Waals surface area (Å²) < 4.78 is 0. The Hall–Kier alpha value is -2.04. The molecule has 1 unspecified atom stereocenters. The van der Waals surface area contributed by atoms with Crippen molar-refractivity contribution in [2.75, 3.05) is 13.1 Å². The highest BCUT2D eigenvalue weighted by molar-refractivity contribution is 5.87. The minimum absolute atomic E-state index is 0.0000940. The summed E-state index contributed by atoms with van der Waals surface area (Å²) in [5.41, 5.74) is 6.64. The van der Waals surface area contributed by atoms with Crippen LogP contribution in [0.15, 0.2) is 30.3 Å². The van der Waals surface area contributed by atoms with E-state index in [2.05, 4.69) is 5.32 Å². The van der Waals surface area contributed by atoms with Gasteiger partial charge < -0.3 is 16.0 Å². The molecule has 130 valence electrons. The minimum Gasteiger partial charge on any atom is -0.352 e. The first-order valence-electron chi connectivity index (χ1n) is 8.97. The molecule has 1 aliphatic heterocycles. The standard InChI is InChI=1S/C19H27N3O2/c20-18(24)21-16(13-15-7-3-1-4-8-15)17(23)22-12-11-19(14-22)9-5-2-6-10-19/h1,3-4,7-8,16H,2,5-6,9-14H2,(H3,20,21,24). The Kier molecular flexibility index (Phi) is 5.07. The molecule has 3 N–H and O–H groups in total. The van der Waals surface area contributed by atoms with Crippen LogP contribution in [0.5, 0.6) is 0 Å². The molecule has 1 aliphatic carbocycles. The Morgan fingerprint density at radius 1 is 1.12 bits per heavy atom. The number of carbonyl (C=O) groups is 2. The van der Waals surface area contributed by atoms with Crippen molar-refractivity contribution in [1.82, 2.24) is 10.2 Å². The van der Waals surface area contributed by atoms with Gasteiger partial charge in [0.25, 0.3) is 0 Å². The summed E-state index contributed by atoms with van der Waals surface area (Å²) >= 11 is 0. The van der Waals surface area contributed by atoms with E-state index in [9.17, 15) is 9.59 Å². The number of hydrogen-bond acceptors (Lipinski definition) is 2. The molecular formula is C19H27N3O2. The van der Waals surface area contributed by atoms with Crippen LogP contribution in [-0.4, -0.2) is 36.0 Å². The molecular weight excluding hydrogens is 302 g/mol. The number of hydrogen-bond donors (Lipinski definition) is 2. The van der Waals surface area contributed by atoms with Crippen molar-refractivity contribution in [3.8, 4) is 0 Å². The Morgan fingerprint density at radius 3 is 2.50 bits per heavy atom. The predicted molar refractivity (Wildman–Crippen MR) is 93.4 cm³/mol. The molecule has 1 atom stereocenters. The zero-order valence-corrected chi connectivity index (χ0v) is 14.2. The van der Waals surface area contributed by atoms with Crippen LogP contribution >= 0.6 is 0 Å². The molecule has 1 saturated heterocycles. The molecule has 1 aromatic rings. The lowest BCUT2D eigenvalue weighted by molar-refractivity contribution is -0.132. The third-order valence-electron chi connectivity index (χ3n) is 5.56. The van der Waals surface area contributed by atoms with Gasteiger partial charge in [0.2, 0.25) is 5.91 Å². The summed E-state index contributed by atoms with van der Waals surface area (Å²) in [5, 5.41) is 2.64. The maximum Gasteiger partial charge on any atom is 0.312 e. The highest BCUT2D eigenvalue weighted by Crippen LogP contribution is 2.43. The van der Waals surface area contributed by atoms with Crippen molar-refractivity contribution in [2.45, 2.75) is 51.0 Å². The fourth-order valence-corrected chi connectivity index (χ4v) is 4.28. The minimum atomic E-state index is -0.643. The molecule has 5 nitrogen and oxygen atoms in total. The lowest BCUT2D eigenvalue weighted by Crippen LogP contribution is -2.51. The molecule has 1 spiro atoms. The number of nitrogens with one attached hydrogen (secondary N) is 1. The number of urea groups is 1. The summed E-state index contributed by atoms with van der Waals surface area (Å²) in [6.07, 6.45) is 7.88. The first kappa shape index (κ1) is 16.8. The van der Waals surface area contributed by atoms with Gasteiger partial charge in [-0.25, -0.2) is 4.79 Å². The van der Waals surface area contributed by atoms with Gasteiger partial charge in [-0.05, 0) is 30.2 Å². The normalized spacial score (nSPS) is 20.8. The van der Waals surface area contributed by atoms with Crippen LogP contribution in [0, 0.1) is 5.41 Å². The molecule has 2 fully saturated rings. The van der Waals surface area contributed by atoms with Gasteiger partial charge in [-0.1, -0.05) is 49.6 Å². The van der Waals surface area contributed by atoms with Gasteiger partial charge in [-0.2, -0.15) is 0 Å². The molecule has 0 radical (unpaired) electrons. The van der Waals surface area contributed by atoms with Crippen LogP contribution in [0.3, 0.4) is 0 Å². The Labute approximate surface area is 143 Å². The Bertz CT molecular complexity index is 582. The monoisotopic (exact) mass is 329 g/mol. The van der Waals surface area contributed by atoms with Crippen LogP contribution in [0.2, 0.25) is 0 Å². The van der Waals surface area contributed by atoms with Crippen LogP contribution in [0.4, 0.5) is 4.79 Å². The number of rotatable bonds is 4. The topological polar surface area (TPSA) is 75.4 Å². The Balaban J connectivity index is 1.68. The molecule has 1 aromatic carbocycles. The zero-order chi connectivity index (χ0) is 17.0. The van der Waals surface area contributed by atoms with E-state index in [1.807, 2.05) is 35.2 Å². The first-order chi connectivity index (χ1) is 11.6. The van der Waals surface area contributed by atoms with Crippen molar-refractivity contribution in [2.24, 2.45) is 11.1 Å². The average molecular weight is 329 g/mol. The van der Waals surface area contributed by atoms with Crippen molar-refractivity contribution in [1.29, 1.82) is 0 Å². The second-order valence-corrected chi connectivity index (χ2v) is 7.32. The van der Waals surface area contributed by atoms with E-state index in [1.165, 1.54) is 32.1 Å². The number of nitrogens with zero attached hydrogens (tertiary/aromatic N) is 1. The fourth-order valence-electron chi connectivity index (χ4n) is 4.28. The van der Waals surface area contributed by atoms with Crippen molar-refractivity contribution in [3.63, 3.8) is 0 Å². The van der Waals surface area contributed by atoms with Crippen molar-refractivity contribution < 1.29 is 9.59 Å². The van der Waals surface area contributed by atoms with Gasteiger partial charge in [0.05, 0.1) is 0 Å². The van der Waals surface area contributed by atoms with Gasteiger partial charge in [0, 0.05) is 19.5 Å². The van der Waals surface area contributed by atoms with Crippen LogP contribution in [0.1, 0.15) is 44.1 Å². The third-order valence-corrected chi connectivity index (χ3v) is 5.56. The SMILES string of the molecule is NC(=O)NC(Cc1ccccc1)C(=O)N1CCC2(CCCCC2)C1. The largest absolute Gasteiger partial charge is 0.352 e. The molecule has 3 amide bonds. The van der Waals surface area contributed by atoms with E-state index in [4.69, 9.17) is 5.73 Å². The first-order valence-corrected chi connectivity index (χ1v) is 8.97. The van der Waals surface area contributed by atoms with E-state index in [0.29, 0.717) is 11.8 Å². The molecule has 0 aromatic heterocycles. The Morgan fingerprint density at radius 2 is 1.83 bits per heavy atom. The highest BCUT2D eigenvalue weighted by Gasteiger charge is 2.41. The predicted octanol–water partition coefficient (Wildman–Crippen LogP) is 2.45. The number of nitrogens with two attached hydrogens (primary N) is 1. The lowest BCUT2D eigenvalue weighted by Gasteiger charge is -2.33.